The van der Waals surface area contributed by atoms with Gasteiger partial charge in [0.05, 0.1) is 12.1 Å². The molecular weight excluding hydrogens is 326 g/mol. The summed E-state index contributed by atoms with van der Waals surface area (Å²) in [6, 6.07) is 7.16. The zero-order valence-corrected chi connectivity index (χ0v) is 15.4. The standard InChI is InChI=1S/C18H27N3O2.ClH/c1-4-12(2)17(19)18(23)20-13(3)14-7-5-8-15(11-14)21-10-6-9-16(21)22;/h5,7-8,11-13,17H,4,6,9-10,19H2,1-3H3,(H,20,23);1H. The van der Waals surface area contributed by atoms with Crippen LogP contribution in [0.5, 0.6) is 0 Å². The van der Waals surface area contributed by atoms with Crippen molar-refractivity contribution in [3.05, 3.63) is 29.8 Å². The topological polar surface area (TPSA) is 75.4 Å². The van der Waals surface area contributed by atoms with Crippen LogP contribution < -0.4 is 16.0 Å². The van der Waals surface area contributed by atoms with E-state index in [1.165, 1.54) is 0 Å². The van der Waals surface area contributed by atoms with Crippen LogP contribution in [0.2, 0.25) is 0 Å². The van der Waals surface area contributed by atoms with E-state index in [1.807, 2.05) is 49.9 Å². The van der Waals surface area contributed by atoms with Crippen molar-refractivity contribution < 1.29 is 9.59 Å². The third-order valence-corrected chi connectivity index (χ3v) is 4.67. The van der Waals surface area contributed by atoms with E-state index in [0.717, 1.165) is 30.6 Å². The van der Waals surface area contributed by atoms with Gasteiger partial charge in [-0.05, 0) is 37.0 Å². The zero-order valence-electron chi connectivity index (χ0n) is 14.6. The Morgan fingerprint density at radius 1 is 1.38 bits per heavy atom. The van der Waals surface area contributed by atoms with Crippen molar-refractivity contribution in [3.8, 4) is 0 Å². The number of halogens is 1. The number of nitrogens with one attached hydrogen (secondary N) is 1. The molecule has 24 heavy (non-hydrogen) atoms. The first kappa shape index (κ1) is 20.5. The van der Waals surface area contributed by atoms with Crippen LogP contribution in [0.4, 0.5) is 5.69 Å². The van der Waals surface area contributed by atoms with Gasteiger partial charge in [0, 0.05) is 18.7 Å². The van der Waals surface area contributed by atoms with Gasteiger partial charge in [-0.1, -0.05) is 32.4 Å². The Bertz CT molecular complexity index is 579. The van der Waals surface area contributed by atoms with Crippen LogP contribution in [0.1, 0.15) is 51.6 Å². The first-order valence-electron chi connectivity index (χ1n) is 8.40. The van der Waals surface area contributed by atoms with E-state index in [0.29, 0.717) is 6.42 Å². The number of nitrogens with zero attached hydrogens (tertiary/aromatic N) is 1. The number of hydrogen-bond donors (Lipinski definition) is 2. The molecule has 1 saturated heterocycles. The summed E-state index contributed by atoms with van der Waals surface area (Å²) in [6.45, 7) is 6.71. The first-order chi connectivity index (χ1) is 10.9. The maximum absolute atomic E-state index is 12.2. The van der Waals surface area contributed by atoms with E-state index >= 15 is 0 Å². The average Bonchev–Trinajstić information content (AvgIpc) is 2.99. The van der Waals surface area contributed by atoms with Gasteiger partial charge in [-0.2, -0.15) is 0 Å². The van der Waals surface area contributed by atoms with Crippen LogP contribution in [0.15, 0.2) is 24.3 Å². The van der Waals surface area contributed by atoms with Crippen molar-refractivity contribution >= 4 is 29.9 Å². The second kappa shape index (κ2) is 9.04. The number of hydrogen-bond acceptors (Lipinski definition) is 3. The summed E-state index contributed by atoms with van der Waals surface area (Å²) in [7, 11) is 0. The van der Waals surface area contributed by atoms with Gasteiger partial charge in [-0.15, -0.1) is 12.4 Å². The van der Waals surface area contributed by atoms with E-state index in [9.17, 15) is 9.59 Å². The summed E-state index contributed by atoms with van der Waals surface area (Å²) < 4.78 is 0. The Morgan fingerprint density at radius 2 is 2.08 bits per heavy atom. The molecule has 0 aliphatic carbocycles. The number of carbonyl (C=O) groups excluding carboxylic acids is 2. The Kier molecular flexibility index (Phi) is 7.70. The number of amides is 2. The molecule has 1 heterocycles. The van der Waals surface area contributed by atoms with Crippen LogP contribution in [-0.4, -0.2) is 24.4 Å². The minimum Gasteiger partial charge on any atom is -0.348 e. The van der Waals surface area contributed by atoms with E-state index in [1.54, 1.807) is 0 Å². The molecule has 0 aromatic heterocycles. The Hall–Kier alpha value is -1.59. The summed E-state index contributed by atoms with van der Waals surface area (Å²) >= 11 is 0. The van der Waals surface area contributed by atoms with Gasteiger partial charge in [0.25, 0.3) is 0 Å². The first-order valence-corrected chi connectivity index (χ1v) is 8.40. The number of anilines is 1. The van der Waals surface area contributed by atoms with Gasteiger partial charge in [0.2, 0.25) is 11.8 Å². The summed E-state index contributed by atoms with van der Waals surface area (Å²) in [5.41, 5.74) is 7.86. The van der Waals surface area contributed by atoms with Gasteiger partial charge < -0.3 is 16.0 Å². The zero-order chi connectivity index (χ0) is 17.0. The lowest BCUT2D eigenvalue weighted by Gasteiger charge is -2.22. The molecule has 5 nitrogen and oxygen atoms in total. The van der Waals surface area contributed by atoms with Crippen LogP contribution in [-0.2, 0) is 9.59 Å². The number of carbonyl (C=O) groups is 2. The molecule has 1 aliphatic rings. The molecule has 3 atom stereocenters. The van der Waals surface area contributed by atoms with Crippen molar-refractivity contribution in [2.75, 3.05) is 11.4 Å². The van der Waals surface area contributed by atoms with Crippen molar-refractivity contribution in [1.82, 2.24) is 5.32 Å². The Morgan fingerprint density at radius 3 is 2.67 bits per heavy atom. The SMILES string of the molecule is CCC(C)C(N)C(=O)NC(C)c1cccc(N2CCCC2=O)c1.Cl. The summed E-state index contributed by atoms with van der Waals surface area (Å²) in [6.07, 6.45) is 2.38. The molecule has 3 unspecified atom stereocenters. The lowest BCUT2D eigenvalue weighted by atomic mass is 9.98. The third kappa shape index (κ3) is 4.71. The highest BCUT2D eigenvalue weighted by molar-refractivity contribution is 5.95. The lowest BCUT2D eigenvalue weighted by molar-refractivity contribution is -0.124. The fraction of sp³-hybridized carbons (Fsp3) is 0.556. The summed E-state index contributed by atoms with van der Waals surface area (Å²) in [5.74, 6) is 0.183. The third-order valence-electron chi connectivity index (χ3n) is 4.67. The highest BCUT2D eigenvalue weighted by Crippen LogP contribution is 2.24. The number of benzene rings is 1. The van der Waals surface area contributed by atoms with Crippen molar-refractivity contribution in [3.63, 3.8) is 0 Å². The molecule has 2 rings (SSSR count). The lowest BCUT2D eigenvalue weighted by Crippen LogP contribution is -2.45. The molecule has 0 saturated carbocycles. The largest absolute Gasteiger partial charge is 0.348 e. The monoisotopic (exact) mass is 353 g/mol. The molecule has 1 aromatic carbocycles. The molecule has 0 spiro atoms. The Labute approximate surface area is 150 Å². The molecule has 2 amide bonds. The minimum absolute atomic E-state index is 0. The quantitative estimate of drug-likeness (QED) is 0.825. The van der Waals surface area contributed by atoms with Crippen LogP contribution in [0, 0.1) is 5.92 Å². The fourth-order valence-electron chi connectivity index (χ4n) is 2.79. The molecular formula is C18H28ClN3O2. The molecule has 1 fully saturated rings. The van der Waals surface area contributed by atoms with Crippen molar-refractivity contribution in [1.29, 1.82) is 0 Å². The predicted octanol–water partition coefficient (Wildman–Crippen LogP) is 2.79. The van der Waals surface area contributed by atoms with Crippen LogP contribution in [0.3, 0.4) is 0 Å². The molecule has 134 valence electrons. The summed E-state index contributed by atoms with van der Waals surface area (Å²) in [5, 5.41) is 2.97. The predicted molar refractivity (Wildman–Crippen MR) is 99.3 cm³/mol. The summed E-state index contributed by atoms with van der Waals surface area (Å²) in [4.78, 5) is 25.9. The van der Waals surface area contributed by atoms with Crippen molar-refractivity contribution in [2.24, 2.45) is 11.7 Å². The molecule has 1 aliphatic heterocycles. The van der Waals surface area contributed by atoms with Crippen LogP contribution in [0.25, 0.3) is 0 Å². The second-order valence-electron chi connectivity index (χ2n) is 6.39. The Balaban J connectivity index is 0.00000288. The molecule has 0 radical (unpaired) electrons. The van der Waals surface area contributed by atoms with Gasteiger partial charge in [0.15, 0.2) is 0 Å². The smallest absolute Gasteiger partial charge is 0.237 e. The van der Waals surface area contributed by atoms with E-state index in [2.05, 4.69) is 5.32 Å². The maximum atomic E-state index is 12.2. The normalized spacial score (nSPS) is 17.8. The van der Waals surface area contributed by atoms with Crippen molar-refractivity contribution in [2.45, 2.75) is 52.1 Å². The van der Waals surface area contributed by atoms with Gasteiger partial charge in [-0.25, -0.2) is 0 Å². The highest BCUT2D eigenvalue weighted by Gasteiger charge is 2.23. The van der Waals surface area contributed by atoms with Gasteiger partial charge in [-0.3, -0.25) is 9.59 Å². The van der Waals surface area contributed by atoms with Crippen LogP contribution >= 0.6 is 12.4 Å². The van der Waals surface area contributed by atoms with E-state index in [4.69, 9.17) is 5.73 Å². The highest BCUT2D eigenvalue weighted by atomic mass is 35.5. The molecule has 6 heteroatoms. The van der Waals surface area contributed by atoms with Gasteiger partial charge in [0.1, 0.15) is 0 Å². The fourth-order valence-corrected chi connectivity index (χ4v) is 2.79. The maximum Gasteiger partial charge on any atom is 0.237 e. The number of rotatable bonds is 6. The van der Waals surface area contributed by atoms with Gasteiger partial charge >= 0.3 is 0 Å². The average molecular weight is 354 g/mol. The van der Waals surface area contributed by atoms with E-state index in [-0.39, 0.29) is 36.2 Å². The molecule has 1 aromatic rings. The minimum atomic E-state index is -0.495. The second-order valence-corrected chi connectivity index (χ2v) is 6.39. The van der Waals surface area contributed by atoms with E-state index < -0.39 is 6.04 Å². The molecule has 0 bridgehead atoms. The molecule has 3 N–H and O–H groups in total. The number of nitrogens with two attached hydrogens (primary N) is 1.